The molecule has 4 rings (SSSR count). The number of nitrogens with zero attached hydrogens (tertiary/aromatic N) is 3. The molecule has 0 saturated carbocycles. The summed E-state index contributed by atoms with van der Waals surface area (Å²) >= 11 is 0. The molecule has 0 unspecified atom stereocenters. The predicted molar refractivity (Wildman–Crippen MR) is 172 cm³/mol. The first-order valence-electron chi connectivity index (χ1n) is 16.4. The van der Waals surface area contributed by atoms with Crippen LogP contribution in [0.3, 0.4) is 0 Å². The van der Waals surface area contributed by atoms with Crippen molar-refractivity contribution in [1.82, 2.24) is 14.2 Å². The van der Waals surface area contributed by atoms with Crippen LogP contribution in [0, 0.1) is 0 Å². The number of amides is 1. The lowest BCUT2D eigenvalue weighted by molar-refractivity contribution is -0.141. The molecule has 0 radical (unpaired) electrons. The summed E-state index contributed by atoms with van der Waals surface area (Å²) in [4.78, 5) is 43.0. The topological polar surface area (TPSA) is 82.3 Å². The predicted octanol–water partition coefficient (Wildman–Crippen LogP) is 7.04. The van der Waals surface area contributed by atoms with E-state index in [0.29, 0.717) is 36.2 Å². The number of fused-ring (bicyclic) bond motifs is 1. The van der Waals surface area contributed by atoms with Crippen molar-refractivity contribution in [2.45, 2.75) is 97.4 Å². The van der Waals surface area contributed by atoms with Crippen molar-refractivity contribution in [3.63, 3.8) is 0 Å². The van der Waals surface area contributed by atoms with Crippen LogP contribution in [0.15, 0.2) is 48.7 Å². The molecule has 2 aromatic heterocycles. The highest BCUT2D eigenvalue weighted by molar-refractivity contribution is 6.10. The summed E-state index contributed by atoms with van der Waals surface area (Å²) in [5, 5.41) is 9.56. The van der Waals surface area contributed by atoms with Crippen LogP contribution in [0.2, 0.25) is 0 Å². The molecule has 3 aromatic rings. The molecule has 1 aliphatic heterocycles. The van der Waals surface area contributed by atoms with Gasteiger partial charge in [0.2, 0.25) is 5.78 Å². The van der Waals surface area contributed by atoms with E-state index in [1.165, 1.54) is 36.1 Å². The number of hydrogen-bond acceptors (Lipinski definition) is 4. The highest BCUT2D eigenvalue weighted by Crippen LogP contribution is 2.26. The second-order valence-electron chi connectivity index (χ2n) is 12.0. The zero-order valence-corrected chi connectivity index (χ0v) is 26.3. The molecule has 1 fully saturated rings. The summed E-state index contributed by atoms with van der Waals surface area (Å²) in [7, 11) is 0. The zero-order valence-electron chi connectivity index (χ0n) is 26.3. The summed E-state index contributed by atoms with van der Waals surface area (Å²) in [6.45, 7) is 10.5. The normalized spacial score (nSPS) is 15.1. The molecular formula is C36H49N3O4. The van der Waals surface area contributed by atoms with Gasteiger partial charge >= 0.3 is 5.97 Å². The fraction of sp³-hybridized carbons (Fsp3) is 0.528. The van der Waals surface area contributed by atoms with E-state index in [1.54, 1.807) is 18.3 Å². The number of carbonyl (C=O) groups excluding carboxylic acids is 2. The Hall–Kier alpha value is -3.45. The summed E-state index contributed by atoms with van der Waals surface area (Å²) in [6.07, 6.45) is 12.6. The van der Waals surface area contributed by atoms with Crippen LogP contribution < -0.4 is 0 Å². The third kappa shape index (κ3) is 8.14. The van der Waals surface area contributed by atoms with Crippen molar-refractivity contribution in [3.8, 4) is 0 Å². The Morgan fingerprint density at radius 1 is 0.860 bits per heavy atom. The van der Waals surface area contributed by atoms with E-state index in [2.05, 4.69) is 31.7 Å². The van der Waals surface area contributed by atoms with Crippen LogP contribution in [0.5, 0.6) is 0 Å². The molecule has 3 heterocycles. The van der Waals surface area contributed by atoms with Crippen molar-refractivity contribution in [2.24, 2.45) is 0 Å². The molecule has 232 valence electrons. The summed E-state index contributed by atoms with van der Waals surface area (Å²) in [5.41, 5.74) is 4.73. The lowest BCUT2D eigenvalue weighted by Crippen LogP contribution is -2.40. The molecule has 7 nitrogen and oxygen atoms in total. The molecule has 1 N–H and O–H groups in total. The first kappa shape index (κ1) is 32.5. The van der Waals surface area contributed by atoms with E-state index < -0.39 is 12.0 Å². The average Bonchev–Trinajstić information content (AvgIpc) is 3.65. The Balaban J connectivity index is 1.55. The van der Waals surface area contributed by atoms with Crippen molar-refractivity contribution in [1.29, 1.82) is 0 Å². The maximum Gasteiger partial charge on any atom is 0.326 e. The number of carboxylic acid groups (broad SMARTS) is 1. The Bertz CT molecular complexity index is 1390. The van der Waals surface area contributed by atoms with E-state index in [-0.39, 0.29) is 11.7 Å². The average molecular weight is 588 g/mol. The van der Waals surface area contributed by atoms with Gasteiger partial charge in [-0.25, -0.2) is 4.79 Å². The summed E-state index contributed by atoms with van der Waals surface area (Å²) in [6, 6.07) is 12.8. The highest BCUT2D eigenvalue weighted by atomic mass is 16.4. The summed E-state index contributed by atoms with van der Waals surface area (Å²) in [5.74, 6) is -1.24. The van der Waals surface area contributed by atoms with Crippen LogP contribution in [0.4, 0.5) is 0 Å². The third-order valence-electron chi connectivity index (χ3n) is 8.70. The highest BCUT2D eigenvalue weighted by Gasteiger charge is 2.34. The number of unbranched alkanes of at least 4 members (excludes halogenated alkanes) is 3. The van der Waals surface area contributed by atoms with Crippen molar-refractivity contribution in [2.75, 3.05) is 26.2 Å². The van der Waals surface area contributed by atoms with Gasteiger partial charge in [-0.3, -0.25) is 9.59 Å². The fourth-order valence-corrected chi connectivity index (χ4v) is 6.22. The largest absolute Gasteiger partial charge is 0.480 e. The lowest BCUT2D eigenvalue weighted by atomic mass is 9.99. The number of ketones is 1. The monoisotopic (exact) mass is 587 g/mol. The van der Waals surface area contributed by atoms with Crippen LogP contribution >= 0.6 is 0 Å². The van der Waals surface area contributed by atoms with Gasteiger partial charge in [0.05, 0.1) is 5.69 Å². The number of aliphatic carboxylic acids is 1. The van der Waals surface area contributed by atoms with Crippen LogP contribution in [0.1, 0.15) is 116 Å². The number of benzene rings is 1. The molecule has 0 bridgehead atoms. The fourth-order valence-electron chi connectivity index (χ4n) is 6.22. The molecule has 1 aliphatic rings. The number of carbonyl (C=O) groups is 3. The smallest absolute Gasteiger partial charge is 0.326 e. The molecule has 7 heteroatoms. The molecule has 43 heavy (non-hydrogen) atoms. The standard InChI is InChI=1S/C36H49N3O4/c1-4-7-15-28-25-31-26-30(35(41)39-22-12-17-32(39)36(42)43)18-23-38(31)33(28)34(40)29-16-10-13-27(24-29)14-11-21-37(19-8-5-2)20-9-6-3/h10,13,16,18,23-26,32H,4-9,11-12,14-15,17,19-22H2,1-3H3,(H,42,43)/t32-/m1/s1. The minimum Gasteiger partial charge on any atom is -0.480 e. The SMILES string of the molecule is CCCCc1cc2cc(C(=O)N3CCC[C@@H]3C(=O)O)ccn2c1C(=O)c1cccc(CCCN(CCCC)CCCC)c1. The maximum atomic E-state index is 14.1. The molecular weight excluding hydrogens is 538 g/mol. The van der Waals surface area contributed by atoms with E-state index in [0.717, 1.165) is 62.8 Å². The van der Waals surface area contributed by atoms with Crippen molar-refractivity contribution < 1.29 is 19.5 Å². The molecule has 1 atom stereocenters. The van der Waals surface area contributed by atoms with Gasteiger partial charge < -0.3 is 19.3 Å². The Morgan fingerprint density at radius 3 is 2.28 bits per heavy atom. The van der Waals surface area contributed by atoms with E-state index in [4.69, 9.17) is 0 Å². The zero-order chi connectivity index (χ0) is 30.8. The minimum absolute atomic E-state index is 0.00923. The number of pyridine rings is 1. The lowest BCUT2D eigenvalue weighted by Gasteiger charge is -2.22. The second-order valence-corrected chi connectivity index (χ2v) is 12.0. The van der Waals surface area contributed by atoms with Gasteiger partial charge in [-0.15, -0.1) is 0 Å². The Labute approximate surface area is 256 Å². The van der Waals surface area contributed by atoms with Gasteiger partial charge in [0.15, 0.2) is 0 Å². The Kier molecular flexibility index (Phi) is 12.0. The van der Waals surface area contributed by atoms with Crippen LogP contribution in [-0.4, -0.2) is 69.2 Å². The number of aryl methyl sites for hydroxylation is 2. The van der Waals surface area contributed by atoms with Gasteiger partial charge in [-0.2, -0.15) is 0 Å². The quantitative estimate of drug-likeness (QED) is 0.171. The van der Waals surface area contributed by atoms with Gasteiger partial charge in [0.25, 0.3) is 5.91 Å². The number of rotatable bonds is 17. The number of likely N-dealkylation sites (tertiary alicyclic amines) is 1. The van der Waals surface area contributed by atoms with Gasteiger partial charge in [0, 0.05) is 29.4 Å². The van der Waals surface area contributed by atoms with E-state index >= 15 is 0 Å². The first-order chi connectivity index (χ1) is 20.9. The number of carboxylic acids is 1. The molecule has 0 spiro atoms. The van der Waals surface area contributed by atoms with Gasteiger partial charge in [-0.05, 0) is 106 Å². The maximum absolute atomic E-state index is 14.1. The molecule has 1 saturated heterocycles. The van der Waals surface area contributed by atoms with Crippen LogP contribution in [-0.2, 0) is 17.6 Å². The van der Waals surface area contributed by atoms with Crippen molar-refractivity contribution >= 4 is 23.2 Å². The first-order valence-corrected chi connectivity index (χ1v) is 16.4. The molecule has 1 amide bonds. The summed E-state index contributed by atoms with van der Waals surface area (Å²) < 4.78 is 1.90. The van der Waals surface area contributed by atoms with Gasteiger partial charge in [-0.1, -0.05) is 58.2 Å². The van der Waals surface area contributed by atoms with E-state index in [9.17, 15) is 19.5 Å². The van der Waals surface area contributed by atoms with Crippen molar-refractivity contribution in [3.05, 3.63) is 76.6 Å². The van der Waals surface area contributed by atoms with E-state index in [1.807, 2.05) is 28.7 Å². The second kappa shape index (κ2) is 15.9. The van der Waals surface area contributed by atoms with Crippen LogP contribution in [0.25, 0.3) is 5.52 Å². The molecule has 1 aromatic carbocycles. The molecule has 0 aliphatic carbocycles. The third-order valence-corrected chi connectivity index (χ3v) is 8.70. The minimum atomic E-state index is -0.961. The Morgan fingerprint density at radius 2 is 1.58 bits per heavy atom. The number of aromatic nitrogens is 1. The van der Waals surface area contributed by atoms with Gasteiger partial charge in [0.1, 0.15) is 6.04 Å². The number of hydrogen-bond donors (Lipinski definition) is 1.